The molecule has 1 atom stereocenters. The minimum absolute atomic E-state index is 0. The number of esters is 2. The van der Waals surface area contributed by atoms with Crippen molar-refractivity contribution in [3.63, 3.8) is 0 Å². The Kier molecular flexibility index (Phi) is 25.7. The van der Waals surface area contributed by atoms with Crippen molar-refractivity contribution < 1.29 is 70.4 Å². The fourth-order valence-electron chi connectivity index (χ4n) is 8.73. The fourth-order valence-corrected chi connectivity index (χ4v) is 14.8. The predicted molar refractivity (Wildman–Crippen MR) is 282 cm³/mol. The maximum absolute atomic E-state index is 12.0. The van der Waals surface area contributed by atoms with Gasteiger partial charge in [0.2, 0.25) is 0 Å². The van der Waals surface area contributed by atoms with Gasteiger partial charge in [-0.2, -0.15) is 0 Å². The van der Waals surface area contributed by atoms with E-state index < -0.39 is 5.96 Å². The van der Waals surface area contributed by atoms with E-state index in [9.17, 15) is 14.4 Å². The first-order valence-corrected chi connectivity index (χ1v) is 28.1. The molecule has 0 bridgehead atoms. The summed E-state index contributed by atoms with van der Waals surface area (Å²) in [5.74, 6) is -2.64. The maximum Gasteiger partial charge on any atom is 1.00 e. The van der Waals surface area contributed by atoms with Crippen molar-refractivity contribution in [3.05, 3.63) is 175 Å². The first-order valence-electron chi connectivity index (χ1n) is 24.4. The molecular formula is C57H71ClNaO8PS. The molecule has 2 aliphatic carbocycles. The number of thioether (sulfide) groups is 1. The third-order valence-corrected chi connectivity index (χ3v) is 20.3. The van der Waals surface area contributed by atoms with E-state index in [1.807, 2.05) is 115 Å². The van der Waals surface area contributed by atoms with E-state index in [4.69, 9.17) is 36.3 Å². The van der Waals surface area contributed by atoms with Gasteiger partial charge in [0.1, 0.15) is 24.9 Å². The molecule has 0 N–H and O–H groups in total. The molecule has 1 saturated heterocycles. The molecule has 0 amide bonds. The molecule has 5 aromatic rings. The number of halogens is 1. The van der Waals surface area contributed by atoms with E-state index in [2.05, 4.69) is 42.5 Å². The molecule has 0 aromatic heterocycles. The van der Waals surface area contributed by atoms with Crippen molar-refractivity contribution >= 4 is 63.1 Å². The van der Waals surface area contributed by atoms with Gasteiger partial charge in [0, 0.05) is 13.9 Å². The van der Waals surface area contributed by atoms with Gasteiger partial charge in [0.25, 0.3) is 0 Å². The summed E-state index contributed by atoms with van der Waals surface area (Å²) in [6.07, 6.45) is 15.1. The van der Waals surface area contributed by atoms with Gasteiger partial charge in [-0.1, -0.05) is 60.7 Å². The van der Waals surface area contributed by atoms with E-state index in [0.29, 0.717) is 37.1 Å². The van der Waals surface area contributed by atoms with Crippen LogP contribution in [0.15, 0.2) is 164 Å². The number of aldehydes is 1. The van der Waals surface area contributed by atoms with Crippen LogP contribution in [0.3, 0.4) is 0 Å². The molecule has 0 radical (unpaired) electrons. The number of hydrogen-bond acceptors (Lipinski definition) is 9. The van der Waals surface area contributed by atoms with Gasteiger partial charge in [0.15, 0.2) is 0 Å². The summed E-state index contributed by atoms with van der Waals surface area (Å²) in [6.45, 7) is 1.62. The van der Waals surface area contributed by atoms with E-state index in [1.54, 1.807) is 32.2 Å². The molecule has 2 saturated carbocycles. The molecule has 5 aromatic carbocycles. The normalized spacial score (nSPS) is 20.4. The number of hydrogen-bond donors (Lipinski definition) is 0. The third kappa shape index (κ3) is 17.8. The summed E-state index contributed by atoms with van der Waals surface area (Å²) in [5.41, 5.74) is 2.39. The Hall–Kier alpha value is -3.76. The van der Waals surface area contributed by atoms with Crippen LogP contribution in [-0.4, -0.2) is 57.1 Å². The van der Waals surface area contributed by atoms with E-state index in [-0.39, 0.29) is 60.7 Å². The minimum atomic E-state index is -3.18. The molecule has 8 rings (SSSR count). The molecular weight excluding hydrogens is 934 g/mol. The second kappa shape index (κ2) is 31.5. The smallest absolute Gasteiger partial charge is 1.00 e. The fraction of sp³-hybridized carbons (Fsp3) is 0.386. The summed E-state index contributed by atoms with van der Waals surface area (Å²) in [7, 11) is 3.38. The Morgan fingerprint density at radius 3 is 1.41 bits per heavy atom. The molecule has 0 spiro atoms. The molecule has 3 aliphatic rings. The zero-order valence-electron chi connectivity index (χ0n) is 42.7. The first kappa shape index (κ1) is 56.2. The zero-order valence-corrected chi connectivity index (χ0v) is 45.1. The zero-order chi connectivity index (χ0) is 49.0. The van der Waals surface area contributed by atoms with Crippen molar-refractivity contribution in [1.82, 2.24) is 0 Å². The summed E-state index contributed by atoms with van der Waals surface area (Å²) >= 11 is 9.26. The van der Waals surface area contributed by atoms with Crippen LogP contribution in [0, 0.1) is 23.7 Å². The van der Waals surface area contributed by atoms with Gasteiger partial charge in [-0.25, -0.2) is 0 Å². The Bertz CT molecular complexity index is 2130. The Morgan fingerprint density at radius 1 is 0.652 bits per heavy atom. The van der Waals surface area contributed by atoms with Crippen molar-refractivity contribution in [2.75, 3.05) is 33.4 Å². The number of methoxy groups -OCH3 is 2. The van der Waals surface area contributed by atoms with Gasteiger partial charge in [0.05, 0.1) is 25.2 Å². The third-order valence-electron chi connectivity index (χ3n) is 12.7. The maximum atomic E-state index is 12.0. The molecule has 8 nitrogen and oxygen atoms in total. The van der Waals surface area contributed by atoms with Crippen molar-refractivity contribution in [2.45, 2.75) is 82.9 Å². The standard InChI is InChI=1S/C20H20ClOP.C17H22O3.C15H18O3.C5H10OS.Na.H/c1-22-17-23(21,18-11-5-2-6-12-18,19-13-7-3-8-14-19)20-15-9-4-10-16-20;1-19-12-11-14-7-9-16(10-8-14)17(18)20-13-15-5-3-2-4-6-15;16-10-12-6-8-14(9-7-12)15(17)18-11-13-4-2-1-3-5-13;1-7-5-3-2-4-6-5;;/h2-16H,17H2,1H3;2-6,11-12,14,16H,7-10,13H2,1H3;1-5,10,12,14H,6-9,11H2;5H,2-4H2,1H3;;/q;;;;+1;-1/b;12-11+;;;;/i;;;1D;;. The SMILES string of the molecule is CO/C=C/C1CCC(C(=O)OCc2ccccc2)CC1.COCP(Cl)(c1ccccc1)(c1ccccc1)c1ccccc1.O=CC1CCC(C(=O)OCc2ccccc2)CC1.[2H]CSC1CCCO1.[H-].[Na+]. The van der Waals surface area contributed by atoms with Crippen LogP contribution >= 0.6 is 29.0 Å². The number of rotatable bonds is 15. The van der Waals surface area contributed by atoms with Crippen LogP contribution in [0.5, 0.6) is 0 Å². The van der Waals surface area contributed by atoms with Crippen molar-refractivity contribution in [1.29, 1.82) is 0 Å². The number of carbonyl (C=O) groups is 3. The molecule has 366 valence electrons. The molecule has 1 unspecified atom stereocenters. The Labute approximate surface area is 445 Å². The average Bonchev–Trinajstić information content (AvgIpc) is 3.94. The number of allylic oxidation sites excluding steroid dienone is 1. The van der Waals surface area contributed by atoms with Gasteiger partial charge >= 0.3 is 184 Å². The van der Waals surface area contributed by atoms with E-state index in [1.165, 1.54) is 6.42 Å². The topological polar surface area (TPSA) is 97.4 Å². The molecule has 69 heavy (non-hydrogen) atoms. The largest absolute Gasteiger partial charge is 1.00 e. The van der Waals surface area contributed by atoms with Crippen LogP contribution in [0.4, 0.5) is 0 Å². The second-order valence-electron chi connectivity index (χ2n) is 17.3. The number of benzene rings is 5. The van der Waals surface area contributed by atoms with Crippen LogP contribution in [0.25, 0.3) is 0 Å². The van der Waals surface area contributed by atoms with Crippen LogP contribution in [0.2, 0.25) is 0 Å². The van der Waals surface area contributed by atoms with Gasteiger partial charge in [-0.3, -0.25) is 9.59 Å². The summed E-state index contributed by atoms with van der Waals surface area (Å²) in [4.78, 5) is 34.5. The summed E-state index contributed by atoms with van der Waals surface area (Å²) in [6, 6.07) is 50.5. The molecule has 1 heterocycles. The Morgan fingerprint density at radius 2 is 1.06 bits per heavy atom. The predicted octanol–water partition coefficient (Wildman–Crippen LogP) is 9.31. The van der Waals surface area contributed by atoms with Gasteiger partial charge < -0.3 is 25.2 Å². The van der Waals surface area contributed by atoms with Crippen molar-refractivity contribution in [2.24, 2.45) is 23.7 Å². The van der Waals surface area contributed by atoms with E-state index in [0.717, 1.165) is 97.7 Å². The summed E-state index contributed by atoms with van der Waals surface area (Å²) < 4.78 is 33.4. The summed E-state index contributed by atoms with van der Waals surface area (Å²) in [5, 5.41) is 3.37. The monoisotopic (exact) mass is 1010 g/mol. The van der Waals surface area contributed by atoms with Crippen molar-refractivity contribution in [3.8, 4) is 0 Å². The number of carbonyl (C=O) groups excluding carboxylic acids is 3. The average molecular weight is 1010 g/mol. The van der Waals surface area contributed by atoms with Gasteiger partial charge in [-0.15, -0.1) is 11.8 Å². The number of ether oxygens (including phenoxy) is 5. The van der Waals surface area contributed by atoms with Crippen LogP contribution in [0.1, 0.15) is 78.1 Å². The minimum Gasteiger partial charge on any atom is -1.00 e. The van der Waals surface area contributed by atoms with Crippen LogP contribution in [-0.2, 0) is 51.3 Å². The van der Waals surface area contributed by atoms with Crippen LogP contribution < -0.4 is 45.5 Å². The Balaban J connectivity index is 0.000000259. The van der Waals surface area contributed by atoms with E-state index >= 15 is 0 Å². The second-order valence-corrected chi connectivity index (χ2v) is 24.6. The molecule has 12 heteroatoms. The quantitative estimate of drug-likeness (QED) is 0.0335. The molecule has 3 fully saturated rings. The first-order chi connectivity index (χ1) is 33.7. The van der Waals surface area contributed by atoms with Gasteiger partial charge in [-0.05, 0) is 93.6 Å². The molecule has 1 aliphatic heterocycles.